The number of carbonyl (C=O) groups excluding carboxylic acids is 1. The molecular formula is C26H35ClFN3O2. The van der Waals surface area contributed by atoms with Gasteiger partial charge in [-0.05, 0) is 68.1 Å². The summed E-state index contributed by atoms with van der Waals surface area (Å²) in [6.07, 6.45) is 3.10. The van der Waals surface area contributed by atoms with Gasteiger partial charge in [-0.15, -0.1) is 0 Å². The van der Waals surface area contributed by atoms with Crippen LogP contribution in [0.2, 0.25) is 5.02 Å². The molecule has 0 spiro atoms. The molecule has 0 aliphatic heterocycles. The minimum absolute atomic E-state index is 0.194. The molecule has 7 heteroatoms. The van der Waals surface area contributed by atoms with Crippen LogP contribution in [0.4, 0.5) is 10.1 Å². The number of rotatable bonds is 13. The van der Waals surface area contributed by atoms with Gasteiger partial charge in [-0.2, -0.15) is 0 Å². The van der Waals surface area contributed by atoms with Crippen LogP contribution in [0, 0.1) is 24.1 Å². The van der Waals surface area contributed by atoms with Crippen molar-refractivity contribution in [2.24, 2.45) is 5.92 Å². The average Bonchev–Trinajstić information content (AvgIpc) is 2.79. The third-order valence-electron chi connectivity index (χ3n) is 5.91. The van der Waals surface area contributed by atoms with Crippen molar-refractivity contribution in [3.8, 4) is 0 Å². The van der Waals surface area contributed by atoms with E-state index in [9.17, 15) is 9.18 Å². The maximum atomic E-state index is 13.6. The summed E-state index contributed by atoms with van der Waals surface area (Å²) in [5, 5.41) is 16.1. The molecule has 0 bridgehead atoms. The van der Waals surface area contributed by atoms with E-state index in [4.69, 9.17) is 21.7 Å². The number of anilines is 1. The first-order chi connectivity index (χ1) is 15.7. The standard InChI is InChI=1S/C26H35ClFN3O2/c1-5-6-8-22(24(29)19-9-12-21(28)13-10-19)26(3,25(32)30-15-7-16-33-4)31-23-14-11-20(27)17-18(23)2/h9-14,17,22,29,31H,5-8,15-16H2,1-4H3,(H,30,32). The lowest BCUT2D eigenvalue weighted by Crippen LogP contribution is -2.57. The zero-order chi connectivity index (χ0) is 24.4. The third-order valence-corrected chi connectivity index (χ3v) is 6.15. The van der Waals surface area contributed by atoms with Crippen LogP contribution >= 0.6 is 11.6 Å². The van der Waals surface area contributed by atoms with Gasteiger partial charge in [-0.25, -0.2) is 4.39 Å². The van der Waals surface area contributed by atoms with Crippen LogP contribution in [0.1, 0.15) is 50.7 Å². The molecule has 0 saturated carbocycles. The normalized spacial score (nSPS) is 13.8. The summed E-state index contributed by atoms with van der Waals surface area (Å²) >= 11 is 6.14. The number of aryl methyl sites for hydroxylation is 1. The number of ether oxygens (including phenoxy) is 1. The number of unbranched alkanes of at least 4 members (excludes halogenated alkanes) is 1. The van der Waals surface area contributed by atoms with E-state index in [0.29, 0.717) is 42.3 Å². The Morgan fingerprint density at radius 1 is 1.21 bits per heavy atom. The summed E-state index contributed by atoms with van der Waals surface area (Å²) in [6.45, 7) is 6.86. The number of methoxy groups -OCH3 is 1. The lowest BCUT2D eigenvalue weighted by Gasteiger charge is -2.39. The van der Waals surface area contributed by atoms with Crippen molar-refractivity contribution in [1.29, 1.82) is 5.41 Å². The first-order valence-electron chi connectivity index (χ1n) is 11.4. The molecule has 3 N–H and O–H groups in total. The second-order valence-corrected chi connectivity index (χ2v) is 8.94. The van der Waals surface area contributed by atoms with E-state index >= 15 is 0 Å². The van der Waals surface area contributed by atoms with Gasteiger partial charge in [0.1, 0.15) is 11.4 Å². The molecule has 0 aromatic heterocycles. The van der Waals surface area contributed by atoms with Crippen LogP contribution in [0.15, 0.2) is 42.5 Å². The molecular weight excluding hydrogens is 441 g/mol. The second kappa shape index (κ2) is 12.7. The molecule has 33 heavy (non-hydrogen) atoms. The predicted molar refractivity (Wildman–Crippen MR) is 134 cm³/mol. The van der Waals surface area contributed by atoms with Crippen LogP contribution in [-0.4, -0.2) is 37.4 Å². The van der Waals surface area contributed by atoms with Gasteiger partial charge in [0.2, 0.25) is 5.91 Å². The molecule has 2 aromatic rings. The van der Waals surface area contributed by atoms with Gasteiger partial charge in [0.05, 0.1) is 0 Å². The zero-order valence-corrected chi connectivity index (χ0v) is 20.7. The summed E-state index contributed by atoms with van der Waals surface area (Å²) < 4.78 is 18.6. The first kappa shape index (κ1) is 26.8. The summed E-state index contributed by atoms with van der Waals surface area (Å²) in [6, 6.07) is 11.4. The van der Waals surface area contributed by atoms with E-state index in [1.54, 1.807) is 25.3 Å². The van der Waals surface area contributed by atoms with Gasteiger partial charge in [0.15, 0.2) is 0 Å². The van der Waals surface area contributed by atoms with E-state index < -0.39 is 11.5 Å². The smallest absolute Gasteiger partial charge is 0.246 e. The number of hydrogen-bond donors (Lipinski definition) is 3. The van der Waals surface area contributed by atoms with Gasteiger partial charge in [-0.1, -0.05) is 43.5 Å². The Kier molecular flexibility index (Phi) is 10.3. The van der Waals surface area contributed by atoms with Crippen molar-refractivity contribution in [3.63, 3.8) is 0 Å². The molecule has 2 atom stereocenters. The lowest BCUT2D eigenvalue weighted by molar-refractivity contribution is -0.126. The number of hydrogen-bond acceptors (Lipinski definition) is 4. The van der Waals surface area contributed by atoms with E-state index in [2.05, 4.69) is 17.6 Å². The minimum Gasteiger partial charge on any atom is -0.385 e. The van der Waals surface area contributed by atoms with Crippen LogP contribution in [-0.2, 0) is 9.53 Å². The molecule has 2 rings (SSSR count). The molecule has 2 unspecified atom stereocenters. The topological polar surface area (TPSA) is 74.2 Å². The number of nitrogens with one attached hydrogen (secondary N) is 3. The Hall–Kier alpha value is -2.44. The summed E-state index contributed by atoms with van der Waals surface area (Å²) in [5.41, 5.74) is 1.47. The zero-order valence-electron chi connectivity index (χ0n) is 19.9. The van der Waals surface area contributed by atoms with Gasteiger partial charge < -0.3 is 20.8 Å². The van der Waals surface area contributed by atoms with Crippen molar-refractivity contribution in [1.82, 2.24) is 5.32 Å². The summed E-state index contributed by atoms with van der Waals surface area (Å²) in [4.78, 5) is 13.6. The highest BCUT2D eigenvalue weighted by molar-refractivity contribution is 6.30. The van der Waals surface area contributed by atoms with Crippen molar-refractivity contribution in [2.45, 2.75) is 52.0 Å². The van der Waals surface area contributed by atoms with E-state index in [1.807, 2.05) is 26.0 Å². The monoisotopic (exact) mass is 475 g/mol. The fraction of sp³-hybridized carbons (Fsp3) is 0.462. The third kappa shape index (κ3) is 7.27. The van der Waals surface area contributed by atoms with E-state index in [-0.39, 0.29) is 11.7 Å². The second-order valence-electron chi connectivity index (χ2n) is 8.50. The minimum atomic E-state index is -1.12. The molecule has 0 saturated heterocycles. The Labute approximate surface area is 201 Å². The van der Waals surface area contributed by atoms with Gasteiger partial charge in [0, 0.05) is 42.6 Å². The summed E-state index contributed by atoms with van der Waals surface area (Å²) in [7, 11) is 1.63. The highest BCUT2D eigenvalue weighted by Crippen LogP contribution is 2.33. The first-order valence-corrected chi connectivity index (χ1v) is 11.8. The van der Waals surface area contributed by atoms with Gasteiger partial charge >= 0.3 is 0 Å². The highest BCUT2D eigenvalue weighted by atomic mass is 35.5. The number of carbonyl (C=O) groups is 1. The molecule has 5 nitrogen and oxygen atoms in total. The Morgan fingerprint density at radius 3 is 2.52 bits per heavy atom. The Morgan fingerprint density at radius 2 is 1.91 bits per heavy atom. The number of halogens is 2. The Bertz CT molecular complexity index is 936. The summed E-state index contributed by atoms with van der Waals surface area (Å²) in [5.74, 6) is -0.994. The SMILES string of the molecule is CCCCC(C(=N)c1ccc(F)cc1)C(C)(Nc1ccc(Cl)cc1C)C(=O)NCCCOC. The maximum absolute atomic E-state index is 13.6. The molecule has 180 valence electrons. The van der Waals surface area contributed by atoms with Crippen LogP contribution in [0.25, 0.3) is 0 Å². The molecule has 0 aliphatic carbocycles. The van der Waals surface area contributed by atoms with Crippen molar-refractivity contribution < 1.29 is 13.9 Å². The highest BCUT2D eigenvalue weighted by Gasteiger charge is 2.43. The van der Waals surface area contributed by atoms with E-state index in [0.717, 1.165) is 24.1 Å². The van der Waals surface area contributed by atoms with Gasteiger partial charge in [0.25, 0.3) is 0 Å². The fourth-order valence-corrected chi connectivity index (χ4v) is 4.14. The van der Waals surface area contributed by atoms with Crippen LogP contribution in [0.5, 0.6) is 0 Å². The maximum Gasteiger partial charge on any atom is 0.246 e. The average molecular weight is 476 g/mol. The predicted octanol–water partition coefficient (Wildman–Crippen LogP) is 5.99. The quantitative estimate of drug-likeness (QED) is 0.246. The van der Waals surface area contributed by atoms with Crippen LogP contribution in [0.3, 0.4) is 0 Å². The van der Waals surface area contributed by atoms with E-state index in [1.165, 1.54) is 12.1 Å². The number of benzene rings is 2. The molecule has 0 heterocycles. The van der Waals surface area contributed by atoms with Gasteiger partial charge in [-0.3, -0.25) is 4.79 Å². The van der Waals surface area contributed by atoms with Crippen molar-refractivity contribution in [2.75, 3.05) is 25.6 Å². The number of amides is 1. The largest absolute Gasteiger partial charge is 0.385 e. The Balaban J connectivity index is 2.47. The van der Waals surface area contributed by atoms with Crippen molar-refractivity contribution >= 4 is 28.9 Å². The fourth-order valence-electron chi connectivity index (χ4n) is 3.91. The molecule has 0 radical (unpaired) electrons. The van der Waals surface area contributed by atoms with Crippen LogP contribution < -0.4 is 10.6 Å². The molecule has 1 amide bonds. The molecule has 0 fully saturated rings. The lowest BCUT2D eigenvalue weighted by atomic mass is 9.75. The molecule has 2 aromatic carbocycles. The van der Waals surface area contributed by atoms with Crippen molar-refractivity contribution in [3.05, 3.63) is 64.4 Å². The molecule has 0 aliphatic rings.